The van der Waals surface area contributed by atoms with Crippen molar-refractivity contribution in [2.75, 3.05) is 13.2 Å². The summed E-state index contributed by atoms with van der Waals surface area (Å²) in [5.41, 5.74) is 6.01. The summed E-state index contributed by atoms with van der Waals surface area (Å²) < 4.78 is 6.60. The normalized spacial score (nSPS) is 15.2. The van der Waals surface area contributed by atoms with Crippen LogP contribution in [0.1, 0.15) is 50.1 Å². The number of carbonyl (C=O) groups excluding carboxylic acids is 3. The minimum absolute atomic E-state index is 0.00840. The number of aromatic nitrogens is 2. The van der Waals surface area contributed by atoms with Gasteiger partial charge in [0.1, 0.15) is 0 Å². The molecule has 1 aliphatic heterocycles. The Labute approximate surface area is 171 Å². The lowest BCUT2D eigenvalue weighted by atomic mass is 9.94. The van der Waals surface area contributed by atoms with E-state index in [0.29, 0.717) is 25.1 Å². The molecule has 0 bridgehead atoms. The van der Waals surface area contributed by atoms with Gasteiger partial charge in [-0.05, 0) is 31.7 Å². The fraction of sp³-hybridized carbons (Fsp3) is 0.368. The number of esters is 1. The zero-order chi connectivity index (χ0) is 21.8. The summed E-state index contributed by atoms with van der Waals surface area (Å²) in [6, 6.07) is 3.45. The molecule has 1 aromatic carbocycles. The standard InChI is InChI=1S/C19H21N5O6/c1-2-30-19(27)13-6-12(7-14(8-13)24(28)29)18(26)21-9-11-3-4-23-16(5-11)15(10-22-23)17(20)25/h6-8,10-11H,2-5,9H2,1H3,(H2,20,25)(H,21,26)/t11-/m0/s1. The molecular formula is C19H21N5O6. The molecule has 0 fully saturated rings. The molecular weight excluding hydrogens is 394 g/mol. The molecule has 0 radical (unpaired) electrons. The molecule has 0 saturated carbocycles. The minimum Gasteiger partial charge on any atom is -0.462 e. The molecule has 11 nitrogen and oxygen atoms in total. The summed E-state index contributed by atoms with van der Waals surface area (Å²) in [7, 11) is 0. The highest BCUT2D eigenvalue weighted by molar-refractivity contribution is 5.99. The molecule has 1 aromatic heterocycles. The second kappa shape index (κ2) is 8.72. The molecule has 30 heavy (non-hydrogen) atoms. The molecule has 3 rings (SSSR count). The molecule has 1 atom stereocenters. The fourth-order valence-electron chi connectivity index (χ4n) is 3.40. The van der Waals surface area contributed by atoms with Gasteiger partial charge in [0.25, 0.3) is 17.5 Å². The van der Waals surface area contributed by atoms with E-state index in [9.17, 15) is 24.5 Å². The van der Waals surface area contributed by atoms with E-state index in [4.69, 9.17) is 10.5 Å². The number of hydrogen-bond donors (Lipinski definition) is 2. The third-order valence-electron chi connectivity index (χ3n) is 4.90. The Morgan fingerprint density at radius 1 is 1.33 bits per heavy atom. The van der Waals surface area contributed by atoms with Gasteiger partial charge < -0.3 is 15.8 Å². The molecule has 11 heteroatoms. The van der Waals surface area contributed by atoms with Crippen LogP contribution in [0.2, 0.25) is 0 Å². The van der Waals surface area contributed by atoms with E-state index >= 15 is 0 Å². The van der Waals surface area contributed by atoms with Crippen LogP contribution in [0.15, 0.2) is 24.4 Å². The number of nitrogens with two attached hydrogens (primary N) is 1. The van der Waals surface area contributed by atoms with E-state index in [1.807, 2.05) is 0 Å². The van der Waals surface area contributed by atoms with E-state index in [1.165, 1.54) is 12.3 Å². The number of nitrogens with one attached hydrogen (secondary N) is 1. The number of benzene rings is 1. The number of non-ortho nitro benzene ring substituents is 1. The number of hydrogen-bond acceptors (Lipinski definition) is 7. The maximum Gasteiger partial charge on any atom is 0.338 e. The minimum atomic E-state index is -0.741. The number of aryl methyl sites for hydroxylation is 1. The molecule has 0 spiro atoms. The van der Waals surface area contributed by atoms with Crippen LogP contribution in [0.3, 0.4) is 0 Å². The number of nitrogens with zero attached hydrogens (tertiary/aromatic N) is 3. The lowest BCUT2D eigenvalue weighted by molar-refractivity contribution is -0.384. The largest absolute Gasteiger partial charge is 0.462 e. The Bertz CT molecular complexity index is 1010. The van der Waals surface area contributed by atoms with Crippen molar-refractivity contribution in [2.24, 2.45) is 11.7 Å². The first-order valence-corrected chi connectivity index (χ1v) is 9.39. The Hall–Kier alpha value is -3.76. The zero-order valence-electron chi connectivity index (χ0n) is 16.3. The lowest BCUT2D eigenvalue weighted by Crippen LogP contribution is -2.34. The molecule has 2 aromatic rings. The van der Waals surface area contributed by atoms with Crippen molar-refractivity contribution in [3.8, 4) is 0 Å². The molecule has 158 valence electrons. The number of carbonyl (C=O) groups is 3. The van der Waals surface area contributed by atoms with Crippen LogP contribution in [0.4, 0.5) is 5.69 Å². The van der Waals surface area contributed by atoms with Crippen molar-refractivity contribution in [1.82, 2.24) is 15.1 Å². The van der Waals surface area contributed by atoms with Crippen LogP contribution in [-0.4, -0.2) is 45.6 Å². The van der Waals surface area contributed by atoms with Crippen molar-refractivity contribution >= 4 is 23.5 Å². The van der Waals surface area contributed by atoms with Gasteiger partial charge in [0, 0.05) is 30.8 Å². The predicted molar refractivity (Wildman–Crippen MR) is 104 cm³/mol. The van der Waals surface area contributed by atoms with Gasteiger partial charge >= 0.3 is 5.97 Å². The Morgan fingerprint density at radius 3 is 2.73 bits per heavy atom. The van der Waals surface area contributed by atoms with E-state index < -0.39 is 22.7 Å². The van der Waals surface area contributed by atoms with Gasteiger partial charge in [-0.2, -0.15) is 5.10 Å². The molecule has 0 unspecified atom stereocenters. The highest BCUT2D eigenvalue weighted by Gasteiger charge is 2.25. The number of rotatable bonds is 7. The quantitative estimate of drug-likeness (QED) is 0.388. The van der Waals surface area contributed by atoms with Gasteiger partial charge in [0.15, 0.2) is 0 Å². The van der Waals surface area contributed by atoms with E-state index in [0.717, 1.165) is 24.2 Å². The second-order valence-corrected chi connectivity index (χ2v) is 6.91. The van der Waals surface area contributed by atoms with Crippen LogP contribution in [0.25, 0.3) is 0 Å². The van der Waals surface area contributed by atoms with Crippen molar-refractivity contribution in [3.63, 3.8) is 0 Å². The monoisotopic (exact) mass is 415 g/mol. The van der Waals surface area contributed by atoms with Crippen LogP contribution in [-0.2, 0) is 17.7 Å². The maximum absolute atomic E-state index is 12.6. The summed E-state index contributed by atoms with van der Waals surface area (Å²) in [5.74, 6) is -1.79. The SMILES string of the molecule is CCOC(=O)c1cc(C(=O)NC[C@H]2CCn3ncc(C(N)=O)c3C2)cc([N+](=O)[O-])c1. The van der Waals surface area contributed by atoms with Gasteiger partial charge in [-0.25, -0.2) is 4.79 Å². The number of nitro benzene ring substituents is 1. The van der Waals surface area contributed by atoms with Gasteiger partial charge in [0.05, 0.1) is 34.5 Å². The van der Waals surface area contributed by atoms with Gasteiger partial charge in [-0.1, -0.05) is 0 Å². The Kier molecular flexibility index (Phi) is 6.09. The smallest absolute Gasteiger partial charge is 0.338 e. The van der Waals surface area contributed by atoms with Crippen LogP contribution < -0.4 is 11.1 Å². The topological polar surface area (TPSA) is 159 Å². The van der Waals surface area contributed by atoms with Crippen LogP contribution in [0.5, 0.6) is 0 Å². The van der Waals surface area contributed by atoms with Crippen molar-refractivity contribution < 1.29 is 24.0 Å². The third-order valence-corrected chi connectivity index (χ3v) is 4.90. The van der Waals surface area contributed by atoms with Gasteiger partial charge in [0.2, 0.25) is 0 Å². The first kappa shape index (κ1) is 21.0. The Morgan fingerprint density at radius 2 is 2.07 bits per heavy atom. The summed E-state index contributed by atoms with van der Waals surface area (Å²) in [4.78, 5) is 46.6. The van der Waals surface area contributed by atoms with Crippen molar-refractivity contribution in [2.45, 2.75) is 26.3 Å². The number of fused-ring (bicyclic) bond motifs is 1. The predicted octanol–water partition coefficient (Wildman–Crippen LogP) is 1.06. The average Bonchev–Trinajstić information content (AvgIpc) is 3.15. The van der Waals surface area contributed by atoms with E-state index in [2.05, 4.69) is 10.4 Å². The molecule has 1 aliphatic rings. The summed E-state index contributed by atoms with van der Waals surface area (Å²) in [6.45, 7) is 2.60. The summed E-state index contributed by atoms with van der Waals surface area (Å²) in [6.07, 6.45) is 2.69. The summed E-state index contributed by atoms with van der Waals surface area (Å²) >= 11 is 0. The number of ether oxygens (including phenoxy) is 1. The molecule has 2 heterocycles. The molecule has 0 aliphatic carbocycles. The highest BCUT2D eigenvalue weighted by Crippen LogP contribution is 2.23. The first-order valence-electron chi connectivity index (χ1n) is 9.39. The molecule has 2 amide bonds. The van der Waals surface area contributed by atoms with E-state index in [1.54, 1.807) is 11.6 Å². The number of nitro groups is 1. The maximum atomic E-state index is 12.6. The average molecular weight is 415 g/mol. The van der Waals surface area contributed by atoms with Crippen molar-refractivity contribution in [1.29, 1.82) is 0 Å². The number of amides is 2. The number of primary amides is 1. The van der Waals surface area contributed by atoms with Gasteiger partial charge in [-0.15, -0.1) is 0 Å². The van der Waals surface area contributed by atoms with Crippen LogP contribution >= 0.6 is 0 Å². The molecule has 3 N–H and O–H groups in total. The molecule has 0 saturated heterocycles. The second-order valence-electron chi connectivity index (χ2n) is 6.91. The highest BCUT2D eigenvalue weighted by atomic mass is 16.6. The lowest BCUT2D eigenvalue weighted by Gasteiger charge is -2.24. The van der Waals surface area contributed by atoms with Crippen LogP contribution in [0, 0.1) is 16.0 Å². The Balaban J connectivity index is 1.71. The summed E-state index contributed by atoms with van der Waals surface area (Å²) in [5, 5.41) is 18.1. The van der Waals surface area contributed by atoms with Gasteiger partial charge in [-0.3, -0.25) is 24.4 Å². The van der Waals surface area contributed by atoms with E-state index in [-0.39, 0.29) is 29.3 Å². The van der Waals surface area contributed by atoms with Crippen molar-refractivity contribution in [3.05, 3.63) is 56.9 Å². The zero-order valence-corrected chi connectivity index (χ0v) is 16.3. The first-order chi connectivity index (χ1) is 14.3. The third kappa shape index (κ3) is 4.45. The fourth-order valence-corrected chi connectivity index (χ4v) is 3.40.